The van der Waals surface area contributed by atoms with Gasteiger partial charge in [-0.2, -0.15) is 0 Å². The average molecular weight is 249 g/mol. The molecule has 0 radical (unpaired) electrons. The highest BCUT2D eigenvalue weighted by Gasteiger charge is 2.23. The molecule has 1 amide bonds. The van der Waals surface area contributed by atoms with Crippen LogP contribution < -0.4 is 16.8 Å². The molecular formula is C14H23N3O. The first-order valence-corrected chi connectivity index (χ1v) is 6.17. The Morgan fingerprint density at radius 1 is 1.33 bits per heavy atom. The third-order valence-electron chi connectivity index (χ3n) is 3.59. The van der Waals surface area contributed by atoms with E-state index < -0.39 is 0 Å². The minimum Gasteiger partial charge on any atom is -0.399 e. The fourth-order valence-corrected chi connectivity index (χ4v) is 1.40. The van der Waals surface area contributed by atoms with Gasteiger partial charge in [-0.1, -0.05) is 27.7 Å². The van der Waals surface area contributed by atoms with Crippen LogP contribution in [0, 0.1) is 11.3 Å². The van der Waals surface area contributed by atoms with Crippen LogP contribution >= 0.6 is 0 Å². The van der Waals surface area contributed by atoms with E-state index in [0.717, 1.165) is 0 Å². The second-order valence-corrected chi connectivity index (χ2v) is 5.67. The van der Waals surface area contributed by atoms with Crippen LogP contribution in [-0.4, -0.2) is 12.5 Å². The predicted molar refractivity (Wildman–Crippen MR) is 76.2 cm³/mol. The van der Waals surface area contributed by atoms with Gasteiger partial charge in [0.05, 0.1) is 5.56 Å². The lowest BCUT2D eigenvalue weighted by Crippen LogP contribution is -2.37. The van der Waals surface area contributed by atoms with Crippen molar-refractivity contribution in [3.63, 3.8) is 0 Å². The van der Waals surface area contributed by atoms with Crippen molar-refractivity contribution in [3.05, 3.63) is 23.8 Å². The molecule has 4 nitrogen and oxygen atoms in total. The number of nitrogens with two attached hydrogens (primary N) is 2. The number of hydrogen-bond acceptors (Lipinski definition) is 3. The lowest BCUT2D eigenvalue weighted by molar-refractivity contribution is 0.0925. The summed E-state index contributed by atoms with van der Waals surface area (Å²) in [6, 6.07) is 4.93. The minimum atomic E-state index is -0.152. The molecule has 1 aromatic rings. The molecule has 1 aromatic carbocycles. The molecule has 4 heteroatoms. The summed E-state index contributed by atoms with van der Waals surface area (Å²) in [7, 11) is 0. The summed E-state index contributed by atoms with van der Waals surface area (Å²) in [5, 5.41) is 2.92. The van der Waals surface area contributed by atoms with Crippen LogP contribution in [0.25, 0.3) is 0 Å². The molecule has 0 spiro atoms. The summed E-state index contributed by atoms with van der Waals surface area (Å²) in [6.45, 7) is 9.16. The Morgan fingerprint density at radius 2 is 1.94 bits per heavy atom. The average Bonchev–Trinajstić information content (AvgIpc) is 2.25. The molecule has 100 valence electrons. The quantitative estimate of drug-likeness (QED) is 0.716. The first kappa shape index (κ1) is 14.4. The van der Waals surface area contributed by atoms with Crippen LogP contribution in [0.5, 0.6) is 0 Å². The molecule has 0 aromatic heterocycles. The van der Waals surface area contributed by atoms with Crippen molar-refractivity contribution in [2.24, 2.45) is 11.3 Å². The molecule has 0 aliphatic heterocycles. The Morgan fingerprint density at radius 3 is 2.44 bits per heavy atom. The molecule has 0 aliphatic rings. The molecule has 0 saturated carbocycles. The first-order chi connectivity index (χ1) is 8.24. The molecule has 0 atom stereocenters. The number of benzene rings is 1. The van der Waals surface area contributed by atoms with Crippen molar-refractivity contribution in [2.45, 2.75) is 27.7 Å². The summed E-state index contributed by atoms with van der Waals surface area (Å²) < 4.78 is 0. The van der Waals surface area contributed by atoms with E-state index in [1.165, 1.54) is 0 Å². The van der Waals surface area contributed by atoms with Crippen LogP contribution in [-0.2, 0) is 0 Å². The van der Waals surface area contributed by atoms with Crippen molar-refractivity contribution in [3.8, 4) is 0 Å². The molecule has 1 rings (SSSR count). The van der Waals surface area contributed by atoms with Crippen LogP contribution in [0.15, 0.2) is 18.2 Å². The highest BCUT2D eigenvalue weighted by atomic mass is 16.1. The number of carbonyl (C=O) groups excluding carboxylic acids is 1. The summed E-state index contributed by atoms with van der Waals surface area (Å²) in [6.07, 6.45) is 0. The lowest BCUT2D eigenvalue weighted by Gasteiger charge is -2.29. The second-order valence-electron chi connectivity index (χ2n) is 5.67. The number of carbonyl (C=O) groups is 1. The smallest absolute Gasteiger partial charge is 0.253 e. The number of rotatable bonds is 4. The van der Waals surface area contributed by atoms with E-state index >= 15 is 0 Å². The predicted octanol–water partition coefficient (Wildman–Crippen LogP) is 2.26. The molecule has 0 bridgehead atoms. The number of nitrogens with one attached hydrogen (secondary N) is 1. The standard InChI is InChI=1S/C14H23N3O/c1-9(2)14(3,4)8-17-13(18)11-6-5-10(15)7-12(11)16/h5-7,9H,8,15-16H2,1-4H3,(H,17,18). The molecular weight excluding hydrogens is 226 g/mol. The van der Waals surface area contributed by atoms with E-state index in [9.17, 15) is 4.79 Å². The van der Waals surface area contributed by atoms with E-state index in [-0.39, 0.29) is 11.3 Å². The zero-order valence-electron chi connectivity index (χ0n) is 11.6. The van der Waals surface area contributed by atoms with Crippen LogP contribution in [0.2, 0.25) is 0 Å². The number of hydrogen-bond donors (Lipinski definition) is 3. The van der Waals surface area contributed by atoms with Crippen LogP contribution in [0.3, 0.4) is 0 Å². The van der Waals surface area contributed by atoms with Crippen LogP contribution in [0.1, 0.15) is 38.1 Å². The molecule has 0 heterocycles. The van der Waals surface area contributed by atoms with Gasteiger partial charge in [0.1, 0.15) is 0 Å². The Balaban J connectivity index is 2.72. The number of nitrogen functional groups attached to an aromatic ring is 2. The fourth-order valence-electron chi connectivity index (χ4n) is 1.40. The van der Waals surface area contributed by atoms with E-state index in [4.69, 9.17) is 11.5 Å². The summed E-state index contributed by atoms with van der Waals surface area (Å²) in [4.78, 5) is 12.0. The highest BCUT2D eigenvalue weighted by molar-refractivity contribution is 5.99. The van der Waals surface area contributed by atoms with Gasteiger partial charge in [-0.3, -0.25) is 4.79 Å². The van der Waals surface area contributed by atoms with Gasteiger partial charge in [0.2, 0.25) is 0 Å². The zero-order valence-corrected chi connectivity index (χ0v) is 11.6. The Labute approximate surface area is 109 Å². The van der Waals surface area contributed by atoms with E-state index in [0.29, 0.717) is 29.4 Å². The van der Waals surface area contributed by atoms with Gasteiger partial charge < -0.3 is 16.8 Å². The Kier molecular flexibility index (Phi) is 4.22. The largest absolute Gasteiger partial charge is 0.399 e. The SMILES string of the molecule is CC(C)C(C)(C)CNC(=O)c1ccc(N)cc1N. The normalized spacial score (nSPS) is 11.6. The molecule has 0 aliphatic carbocycles. The van der Waals surface area contributed by atoms with Gasteiger partial charge in [0.25, 0.3) is 5.91 Å². The first-order valence-electron chi connectivity index (χ1n) is 6.17. The van der Waals surface area contributed by atoms with Gasteiger partial charge in [0.15, 0.2) is 0 Å². The van der Waals surface area contributed by atoms with Gasteiger partial charge in [0, 0.05) is 17.9 Å². The monoisotopic (exact) mass is 249 g/mol. The number of amides is 1. The van der Waals surface area contributed by atoms with E-state index in [1.54, 1.807) is 18.2 Å². The maximum atomic E-state index is 12.0. The molecule has 18 heavy (non-hydrogen) atoms. The topological polar surface area (TPSA) is 81.1 Å². The maximum absolute atomic E-state index is 12.0. The maximum Gasteiger partial charge on any atom is 0.253 e. The number of anilines is 2. The van der Waals surface area contributed by atoms with E-state index in [1.807, 2.05) is 0 Å². The van der Waals surface area contributed by atoms with Crippen molar-refractivity contribution >= 4 is 17.3 Å². The Bertz CT molecular complexity index is 439. The van der Waals surface area contributed by atoms with Crippen molar-refractivity contribution in [2.75, 3.05) is 18.0 Å². The Hall–Kier alpha value is -1.71. The highest BCUT2D eigenvalue weighted by Crippen LogP contribution is 2.25. The summed E-state index contributed by atoms with van der Waals surface area (Å²) >= 11 is 0. The van der Waals surface area contributed by atoms with Crippen molar-refractivity contribution in [1.29, 1.82) is 0 Å². The molecule has 0 fully saturated rings. The summed E-state index contributed by atoms with van der Waals surface area (Å²) in [5.41, 5.74) is 12.9. The van der Waals surface area contributed by atoms with E-state index in [2.05, 4.69) is 33.0 Å². The second kappa shape index (κ2) is 5.29. The zero-order chi connectivity index (χ0) is 13.9. The molecule has 0 saturated heterocycles. The fraction of sp³-hybridized carbons (Fsp3) is 0.500. The lowest BCUT2D eigenvalue weighted by atomic mass is 9.81. The van der Waals surface area contributed by atoms with Gasteiger partial charge >= 0.3 is 0 Å². The van der Waals surface area contributed by atoms with Crippen molar-refractivity contribution < 1.29 is 4.79 Å². The van der Waals surface area contributed by atoms with Gasteiger partial charge in [-0.25, -0.2) is 0 Å². The van der Waals surface area contributed by atoms with Gasteiger partial charge in [-0.15, -0.1) is 0 Å². The van der Waals surface area contributed by atoms with Gasteiger partial charge in [-0.05, 0) is 29.5 Å². The van der Waals surface area contributed by atoms with Crippen molar-refractivity contribution in [1.82, 2.24) is 5.32 Å². The van der Waals surface area contributed by atoms with Crippen LogP contribution in [0.4, 0.5) is 11.4 Å². The minimum absolute atomic E-state index is 0.0538. The molecule has 0 unspecified atom stereocenters. The third kappa shape index (κ3) is 3.39. The summed E-state index contributed by atoms with van der Waals surface area (Å²) in [5.74, 6) is 0.336. The molecule has 5 N–H and O–H groups in total. The third-order valence-corrected chi connectivity index (χ3v) is 3.59.